The quantitative estimate of drug-likeness (QED) is 0.658. The van der Waals surface area contributed by atoms with Crippen molar-refractivity contribution in [3.8, 4) is 0 Å². The van der Waals surface area contributed by atoms with E-state index in [0.717, 1.165) is 24.2 Å². The number of hydrogen-bond acceptors (Lipinski definition) is 2. The molecule has 0 spiro atoms. The molecule has 2 rings (SSSR count). The van der Waals surface area contributed by atoms with Crippen molar-refractivity contribution in [2.75, 3.05) is 0 Å². The molecule has 1 aliphatic rings. The van der Waals surface area contributed by atoms with Crippen LogP contribution in [-0.2, 0) is 0 Å². The van der Waals surface area contributed by atoms with Gasteiger partial charge in [-0.25, -0.2) is 4.68 Å². The average molecular weight is 178 g/mol. The second-order valence-corrected chi connectivity index (χ2v) is 4.20. The number of carbonyl (C=O) groups is 1. The molecule has 0 amide bonds. The van der Waals surface area contributed by atoms with Crippen molar-refractivity contribution >= 4 is 5.91 Å². The summed E-state index contributed by atoms with van der Waals surface area (Å²) in [6.07, 6.45) is 2.01. The molecule has 1 aromatic rings. The van der Waals surface area contributed by atoms with Gasteiger partial charge in [-0.15, -0.1) is 0 Å². The molecular formula is C10H14N2O. The van der Waals surface area contributed by atoms with Crippen LogP contribution >= 0.6 is 0 Å². The number of nitrogens with zero attached hydrogens (tertiary/aromatic N) is 2. The lowest BCUT2D eigenvalue weighted by Gasteiger charge is -2.07. The predicted octanol–water partition coefficient (Wildman–Crippen LogP) is 1.94. The Morgan fingerprint density at radius 3 is 2.54 bits per heavy atom. The molecule has 1 aromatic heterocycles. The molecule has 1 saturated carbocycles. The zero-order valence-corrected chi connectivity index (χ0v) is 8.29. The minimum Gasteiger partial charge on any atom is -0.272 e. The molecule has 0 unspecified atom stereocenters. The Morgan fingerprint density at radius 1 is 1.54 bits per heavy atom. The average Bonchev–Trinajstić information content (AvgIpc) is 2.71. The van der Waals surface area contributed by atoms with Crippen molar-refractivity contribution in [1.82, 2.24) is 9.78 Å². The molecule has 3 heteroatoms. The van der Waals surface area contributed by atoms with Gasteiger partial charge in [-0.2, -0.15) is 5.10 Å². The SMILES string of the molecule is Cc1cc(C)n(C(=O)C2(C)CC2)n1. The molecule has 0 atom stereocenters. The zero-order valence-electron chi connectivity index (χ0n) is 8.29. The van der Waals surface area contributed by atoms with Gasteiger partial charge >= 0.3 is 0 Å². The molecule has 0 bridgehead atoms. The lowest BCUT2D eigenvalue weighted by atomic mass is 10.1. The number of hydrogen-bond donors (Lipinski definition) is 0. The summed E-state index contributed by atoms with van der Waals surface area (Å²) in [7, 11) is 0. The van der Waals surface area contributed by atoms with Gasteiger partial charge in [0.1, 0.15) is 0 Å². The first kappa shape index (κ1) is 8.48. The molecule has 0 aliphatic heterocycles. The molecule has 0 radical (unpaired) electrons. The Balaban J connectivity index is 2.35. The van der Waals surface area contributed by atoms with Crippen LogP contribution in [-0.4, -0.2) is 15.7 Å². The second kappa shape index (κ2) is 2.44. The van der Waals surface area contributed by atoms with E-state index in [4.69, 9.17) is 0 Å². The van der Waals surface area contributed by atoms with Gasteiger partial charge in [0.25, 0.3) is 5.91 Å². The van der Waals surface area contributed by atoms with Gasteiger partial charge < -0.3 is 0 Å². The van der Waals surface area contributed by atoms with Crippen LogP contribution in [0.2, 0.25) is 0 Å². The summed E-state index contributed by atoms with van der Waals surface area (Å²) in [5, 5.41) is 4.18. The third kappa shape index (κ3) is 1.28. The maximum atomic E-state index is 11.9. The van der Waals surface area contributed by atoms with Crippen LogP contribution in [0, 0.1) is 19.3 Å². The van der Waals surface area contributed by atoms with Crippen molar-refractivity contribution in [1.29, 1.82) is 0 Å². The van der Waals surface area contributed by atoms with E-state index in [9.17, 15) is 4.79 Å². The van der Waals surface area contributed by atoms with Crippen LogP contribution in [0.1, 0.15) is 35.9 Å². The Hall–Kier alpha value is -1.12. The first-order valence-corrected chi connectivity index (χ1v) is 4.61. The van der Waals surface area contributed by atoms with E-state index in [0.29, 0.717) is 0 Å². The summed E-state index contributed by atoms with van der Waals surface area (Å²) < 4.78 is 1.54. The smallest absolute Gasteiger partial charge is 0.253 e. The lowest BCUT2D eigenvalue weighted by molar-refractivity contribution is 0.0805. The van der Waals surface area contributed by atoms with Crippen LogP contribution < -0.4 is 0 Å². The van der Waals surface area contributed by atoms with Gasteiger partial charge in [0, 0.05) is 11.1 Å². The van der Waals surface area contributed by atoms with E-state index >= 15 is 0 Å². The summed E-state index contributed by atoms with van der Waals surface area (Å²) in [4.78, 5) is 11.9. The number of rotatable bonds is 1. The van der Waals surface area contributed by atoms with Crippen LogP contribution in [0.25, 0.3) is 0 Å². The second-order valence-electron chi connectivity index (χ2n) is 4.20. The highest BCUT2D eigenvalue weighted by atomic mass is 16.2. The molecule has 1 aliphatic carbocycles. The fourth-order valence-electron chi connectivity index (χ4n) is 1.49. The Morgan fingerprint density at radius 2 is 2.15 bits per heavy atom. The number of aryl methyl sites for hydroxylation is 2. The third-order valence-corrected chi connectivity index (χ3v) is 2.72. The van der Waals surface area contributed by atoms with Crippen LogP contribution in [0.4, 0.5) is 0 Å². The number of carbonyl (C=O) groups excluding carboxylic acids is 1. The summed E-state index contributed by atoms with van der Waals surface area (Å²) in [5.41, 5.74) is 1.73. The lowest BCUT2D eigenvalue weighted by Crippen LogP contribution is -2.22. The molecule has 1 heterocycles. The monoisotopic (exact) mass is 178 g/mol. The molecule has 1 fully saturated rings. The largest absolute Gasteiger partial charge is 0.272 e. The van der Waals surface area contributed by atoms with Gasteiger partial charge in [0.05, 0.1) is 5.69 Å². The van der Waals surface area contributed by atoms with Crippen molar-refractivity contribution < 1.29 is 4.79 Å². The predicted molar refractivity (Wildman–Crippen MR) is 49.7 cm³/mol. The minimum atomic E-state index is -0.122. The van der Waals surface area contributed by atoms with E-state index in [1.165, 1.54) is 0 Å². The summed E-state index contributed by atoms with van der Waals surface area (Å²) >= 11 is 0. The molecule has 0 aromatic carbocycles. The highest BCUT2D eigenvalue weighted by molar-refractivity contribution is 5.86. The maximum Gasteiger partial charge on any atom is 0.253 e. The first-order valence-electron chi connectivity index (χ1n) is 4.61. The number of aromatic nitrogens is 2. The van der Waals surface area contributed by atoms with E-state index < -0.39 is 0 Å². The molecule has 0 N–H and O–H groups in total. The molecule has 70 valence electrons. The van der Waals surface area contributed by atoms with Crippen molar-refractivity contribution in [3.05, 3.63) is 17.5 Å². The Bertz CT molecular complexity index is 361. The normalized spacial score (nSPS) is 18.7. The maximum absolute atomic E-state index is 11.9. The Kier molecular flexibility index (Phi) is 1.59. The van der Waals surface area contributed by atoms with Crippen LogP contribution in [0.3, 0.4) is 0 Å². The zero-order chi connectivity index (χ0) is 9.64. The van der Waals surface area contributed by atoms with Crippen LogP contribution in [0.5, 0.6) is 0 Å². The molecule has 3 nitrogen and oxygen atoms in total. The van der Waals surface area contributed by atoms with Crippen molar-refractivity contribution in [3.63, 3.8) is 0 Å². The van der Waals surface area contributed by atoms with Crippen molar-refractivity contribution in [2.24, 2.45) is 5.41 Å². The van der Waals surface area contributed by atoms with E-state index in [-0.39, 0.29) is 11.3 Å². The summed E-state index contributed by atoms with van der Waals surface area (Å²) in [6, 6.07) is 1.93. The van der Waals surface area contributed by atoms with E-state index in [1.54, 1.807) is 4.68 Å². The van der Waals surface area contributed by atoms with Gasteiger partial charge in [0.15, 0.2) is 0 Å². The summed E-state index contributed by atoms with van der Waals surface area (Å²) in [5.74, 6) is 0.151. The molecule has 0 saturated heterocycles. The highest BCUT2D eigenvalue weighted by Crippen LogP contribution is 2.46. The standard InChI is InChI=1S/C10H14N2O/c1-7-6-8(2)12(11-7)9(13)10(3)4-5-10/h6H,4-5H2,1-3H3. The van der Waals surface area contributed by atoms with E-state index in [1.807, 2.05) is 26.8 Å². The molecule has 13 heavy (non-hydrogen) atoms. The van der Waals surface area contributed by atoms with Gasteiger partial charge in [-0.05, 0) is 32.8 Å². The van der Waals surface area contributed by atoms with E-state index in [2.05, 4.69) is 5.10 Å². The topological polar surface area (TPSA) is 34.9 Å². The fourth-order valence-corrected chi connectivity index (χ4v) is 1.49. The third-order valence-electron chi connectivity index (χ3n) is 2.72. The van der Waals surface area contributed by atoms with Gasteiger partial charge in [0.2, 0.25) is 0 Å². The fraction of sp³-hybridized carbons (Fsp3) is 0.600. The van der Waals surface area contributed by atoms with Crippen LogP contribution in [0.15, 0.2) is 6.07 Å². The van der Waals surface area contributed by atoms with Gasteiger partial charge in [-0.1, -0.05) is 6.92 Å². The van der Waals surface area contributed by atoms with Gasteiger partial charge in [-0.3, -0.25) is 4.79 Å². The highest BCUT2D eigenvalue weighted by Gasteiger charge is 2.46. The minimum absolute atomic E-state index is 0.122. The Labute approximate surface area is 77.7 Å². The molecular weight excluding hydrogens is 164 g/mol. The summed E-state index contributed by atoms with van der Waals surface area (Å²) in [6.45, 7) is 5.83. The first-order chi connectivity index (χ1) is 6.03. The van der Waals surface area contributed by atoms with Crippen molar-refractivity contribution in [2.45, 2.75) is 33.6 Å².